The van der Waals surface area contributed by atoms with Gasteiger partial charge in [0.05, 0.1) is 24.1 Å². The zero-order chi connectivity index (χ0) is 13.9. The summed E-state index contributed by atoms with van der Waals surface area (Å²) in [6.07, 6.45) is 3.62. The van der Waals surface area contributed by atoms with E-state index in [4.69, 9.17) is 4.52 Å². The molecule has 1 aromatic carbocycles. The van der Waals surface area contributed by atoms with E-state index in [1.54, 1.807) is 13.3 Å². The van der Waals surface area contributed by atoms with E-state index < -0.39 is 0 Å². The highest BCUT2D eigenvalue weighted by molar-refractivity contribution is 5.72. The Labute approximate surface area is 116 Å². The van der Waals surface area contributed by atoms with Gasteiger partial charge in [0.2, 0.25) is 0 Å². The van der Waals surface area contributed by atoms with Gasteiger partial charge in [-0.2, -0.15) is 4.98 Å². The molecule has 0 atom stereocenters. The van der Waals surface area contributed by atoms with Crippen LogP contribution >= 0.6 is 0 Å². The molecule has 0 aliphatic carbocycles. The third-order valence-electron chi connectivity index (χ3n) is 3.06. The number of rotatable bonds is 4. The predicted molar refractivity (Wildman–Crippen MR) is 75.0 cm³/mol. The largest absolute Gasteiger partial charge is 0.379 e. The fraction of sp³-hybridized carbons (Fsp3) is 0.214. The summed E-state index contributed by atoms with van der Waals surface area (Å²) in [4.78, 5) is 8.37. The van der Waals surface area contributed by atoms with Gasteiger partial charge in [-0.05, 0) is 19.1 Å². The summed E-state index contributed by atoms with van der Waals surface area (Å²) < 4.78 is 7.21. The summed E-state index contributed by atoms with van der Waals surface area (Å²) >= 11 is 0. The Balaban J connectivity index is 1.85. The van der Waals surface area contributed by atoms with E-state index in [0.717, 1.165) is 16.9 Å². The molecule has 0 spiro atoms. The fourth-order valence-electron chi connectivity index (χ4n) is 1.97. The molecule has 2 aromatic heterocycles. The summed E-state index contributed by atoms with van der Waals surface area (Å²) in [7, 11) is 1.97. The number of anilines is 1. The zero-order valence-corrected chi connectivity index (χ0v) is 11.4. The second-order valence-corrected chi connectivity index (χ2v) is 4.54. The van der Waals surface area contributed by atoms with Crippen LogP contribution in [0.15, 0.2) is 41.3 Å². The average molecular weight is 269 g/mol. The van der Waals surface area contributed by atoms with Gasteiger partial charge >= 0.3 is 0 Å². The summed E-state index contributed by atoms with van der Waals surface area (Å²) in [5, 5.41) is 7.21. The lowest BCUT2D eigenvalue weighted by atomic mass is 10.1. The number of nitrogens with zero attached hydrogens (tertiary/aromatic N) is 4. The van der Waals surface area contributed by atoms with Crippen molar-refractivity contribution in [2.45, 2.75) is 13.5 Å². The summed E-state index contributed by atoms with van der Waals surface area (Å²) in [5.74, 6) is 1.15. The van der Waals surface area contributed by atoms with Crippen molar-refractivity contribution in [1.82, 2.24) is 19.7 Å². The van der Waals surface area contributed by atoms with Gasteiger partial charge in [0.25, 0.3) is 5.89 Å². The number of benzene rings is 1. The lowest BCUT2D eigenvalue weighted by Crippen LogP contribution is -2.04. The van der Waals surface area contributed by atoms with Crippen molar-refractivity contribution in [1.29, 1.82) is 0 Å². The molecule has 1 N–H and O–H groups in total. The molecule has 20 heavy (non-hydrogen) atoms. The molecule has 0 unspecified atom stereocenters. The van der Waals surface area contributed by atoms with Crippen molar-refractivity contribution in [3.8, 4) is 11.5 Å². The van der Waals surface area contributed by atoms with Crippen molar-refractivity contribution < 1.29 is 4.52 Å². The van der Waals surface area contributed by atoms with E-state index in [2.05, 4.69) is 20.4 Å². The SMILES string of the molecule is Cc1noc(-c2ccccc2NCc2cncn2C)n1. The maximum Gasteiger partial charge on any atom is 0.260 e. The number of aromatic nitrogens is 4. The van der Waals surface area contributed by atoms with Gasteiger partial charge in [-0.1, -0.05) is 17.3 Å². The van der Waals surface area contributed by atoms with Crippen LogP contribution in [-0.2, 0) is 13.6 Å². The molecule has 0 fully saturated rings. The molecule has 3 rings (SSSR count). The number of hydrogen-bond donors (Lipinski definition) is 1. The molecule has 0 aliphatic heterocycles. The van der Waals surface area contributed by atoms with Gasteiger partial charge in [-0.3, -0.25) is 0 Å². The van der Waals surface area contributed by atoms with Crippen LogP contribution in [0.3, 0.4) is 0 Å². The molecule has 3 aromatic rings. The monoisotopic (exact) mass is 269 g/mol. The van der Waals surface area contributed by atoms with Crippen LogP contribution in [0.5, 0.6) is 0 Å². The summed E-state index contributed by atoms with van der Waals surface area (Å²) in [5.41, 5.74) is 2.95. The summed E-state index contributed by atoms with van der Waals surface area (Å²) in [6, 6.07) is 7.87. The zero-order valence-electron chi connectivity index (χ0n) is 11.4. The molecule has 0 aliphatic rings. The molecule has 0 radical (unpaired) electrons. The van der Waals surface area contributed by atoms with Gasteiger partial charge in [-0.15, -0.1) is 0 Å². The third kappa shape index (κ3) is 2.40. The van der Waals surface area contributed by atoms with E-state index in [0.29, 0.717) is 18.3 Å². The van der Waals surface area contributed by atoms with Crippen molar-refractivity contribution in [3.05, 3.63) is 48.3 Å². The highest BCUT2D eigenvalue weighted by Gasteiger charge is 2.11. The number of imidazole rings is 1. The topological polar surface area (TPSA) is 68.8 Å². The van der Waals surface area contributed by atoms with Gasteiger partial charge in [0, 0.05) is 18.9 Å². The number of para-hydroxylation sites is 1. The van der Waals surface area contributed by atoms with E-state index in [9.17, 15) is 0 Å². The maximum atomic E-state index is 5.23. The Morgan fingerprint density at radius 2 is 2.15 bits per heavy atom. The first-order valence-corrected chi connectivity index (χ1v) is 6.33. The Morgan fingerprint density at radius 1 is 1.30 bits per heavy atom. The number of hydrogen-bond acceptors (Lipinski definition) is 5. The molecule has 0 saturated heterocycles. The molecular weight excluding hydrogens is 254 g/mol. The van der Waals surface area contributed by atoms with Gasteiger partial charge in [0.1, 0.15) is 0 Å². The molecule has 0 amide bonds. The van der Waals surface area contributed by atoms with E-state index >= 15 is 0 Å². The van der Waals surface area contributed by atoms with Crippen molar-refractivity contribution in [3.63, 3.8) is 0 Å². The molecule has 0 saturated carbocycles. The van der Waals surface area contributed by atoms with Crippen LogP contribution in [0.4, 0.5) is 5.69 Å². The first kappa shape index (κ1) is 12.4. The maximum absolute atomic E-state index is 5.23. The van der Waals surface area contributed by atoms with E-state index in [-0.39, 0.29) is 0 Å². The smallest absolute Gasteiger partial charge is 0.260 e. The summed E-state index contributed by atoms with van der Waals surface area (Å²) in [6.45, 7) is 2.49. The van der Waals surface area contributed by atoms with Gasteiger partial charge in [-0.25, -0.2) is 4.98 Å². The van der Waals surface area contributed by atoms with E-state index in [1.807, 2.05) is 42.1 Å². The van der Waals surface area contributed by atoms with Crippen LogP contribution in [0.2, 0.25) is 0 Å². The Bertz CT molecular complexity index is 716. The molecule has 6 heteroatoms. The standard InChI is InChI=1S/C14H15N5O/c1-10-17-14(20-18-10)12-5-3-4-6-13(12)16-8-11-7-15-9-19(11)2/h3-7,9,16H,8H2,1-2H3. The fourth-order valence-corrected chi connectivity index (χ4v) is 1.97. The van der Waals surface area contributed by atoms with Crippen LogP contribution < -0.4 is 5.32 Å². The number of aryl methyl sites for hydroxylation is 2. The second-order valence-electron chi connectivity index (χ2n) is 4.54. The minimum absolute atomic E-state index is 0.524. The quantitative estimate of drug-likeness (QED) is 0.787. The highest BCUT2D eigenvalue weighted by Crippen LogP contribution is 2.26. The van der Waals surface area contributed by atoms with Crippen LogP contribution in [0.1, 0.15) is 11.5 Å². The first-order chi connectivity index (χ1) is 9.74. The molecule has 0 bridgehead atoms. The molecule has 2 heterocycles. The van der Waals surface area contributed by atoms with Crippen molar-refractivity contribution >= 4 is 5.69 Å². The predicted octanol–water partition coefficient (Wildman–Crippen LogP) is 2.39. The Hall–Kier alpha value is -2.63. The molecular formula is C14H15N5O. The van der Waals surface area contributed by atoms with Gasteiger partial charge in [0.15, 0.2) is 5.82 Å². The van der Waals surface area contributed by atoms with Crippen molar-refractivity contribution in [2.75, 3.05) is 5.32 Å². The normalized spacial score (nSPS) is 10.7. The lowest BCUT2D eigenvalue weighted by molar-refractivity contribution is 0.426. The molecule has 102 valence electrons. The molecule has 6 nitrogen and oxygen atoms in total. The van der Waals surface area contributed by atoms with Crippen molar-refractivity contribution in [2.24, 2.45) is 7.05 Å². The Kier molecular flexibility index (Phi) is 3.20. The minimum Gasteiger partial charge on any atom is -0.379 e. The number of nitrogens with one attached hydrogen (secondary N) is 1. The Morgan fingerprint density at radius 3 is 2.85 bits per heavy atom. The van der Waals surface area contributed by atoms with Crippen LogP contribution in [0.25, 0.3) is 11.5 Å². The minimum atomic E-state index is 0.524. The van der Waals surface area contributed by atoms with Gasteiger partial charge < -0.3 is 14.4 Å². The van der Waals surface area contributed by atoms with E-state index in [1.165, 1.54) is 0 Å². The lowest BCUT2D eigenvalue weighted by Gasteiger charge is -2.09. The highest BCUT2D eigenvalue weighted by atomic mass is 16.5. The van der Waals surface area contributed by atoms with Crippen LogP contribution in [0, 0.1) is 6.92 Å². The second kappa shape index (κ2) is 5.16. The third-order valence-corrected chi connectivity index (χ3v) is 3.06. The average Bonchev–Trinajstić information content (AvgIpc) is 3.06. The first-order valence-electron chi connectivity index (χ1n) is 6.33. The van der Waals surface area contributed by atoms with Crippen LogP contribution in [-0.4, -0.2) is 19.7 Å².